The van der Waals surface area contributed by atoms with Crippen LogP contribution in [0.15, 0.2) is 60.7 Å². The average molecular weight is 312 g/mol. The second-order valence-electron chi connectivity index (χ2n) is 5.02. The molecule has 0 saturated heterocycles. The predicted octanol–water partition coefficient (Wildman–Crippen LogP) is 3.47. The minimum Gasteiger partial charge on any atom is -0.463 e. The molecule has 0 aromatic heterocycles. The Labute approximate surface area is 136 Å². The van der Waals surface area contributed by atoms with Crippen molar-refractivity contribution >= 4 is 11.9 Å². The molecule has 4 nitrogen and oxygen atoms in total. The maximum Gasteiger partial charge on any atom is 0.352 e. The highest BCUT2D eigenvalue weighted by Crippen LogP contribution is 2.20. The molecule has 0 bridgehead atoms. The van der Waals surface area contributed by atoms with Crippen molar-refractivity contribution in [3.05, 3.63) is 71.8 Å². The maximum absolute atomic E-state index is 12.1. The minimum atomic E-state index is -1.01. The van der Waals surface area contributed by atoms with Gasteiger partial charge >= 0.3 is 11.9 Å². The van der Waals surface area contributed by atoms with Gasteiger partial charge in [-0.3, -0.25) is 4.79 Å². The molecule has 0 heterocycles. The number of carbonyl (C=O) groups is 2. The summed E-state index contributed by atoms with van der Waals surface area (Å²) in [5.41, 5.74) is 1.66. The minimum absolute atomic E-state index is 0.215. The summed E-state index contributed by atoms with van der Waals surface area (Å²) in [6.45, 7) is 1.96. The number of esters is 2. The first-order chi connectivity index (χ1) is 11.2. The molecule has 0 N–H and O–H groups in total. The molecule has 0 radical (unpaired) electrons. The number of aryl methyl sites for hydroxylation is 1. The van der Waals surface area contributed by atoms with Gasteiger partial charge in [0.05, 0.1) is 6.61 Å². The number of hydrogen-bond acceptors (Lipinski definition) is 4. The molecule has 2 aromatic rings. The summed E-state index contributed by atoms with van der Waals surface area (Å²) in [6.07, 6.45) is -0.226. The highest BCUT2D eigenvalue weighted by molar-refractivity contribution is 5.80. The SMILES string of the molecule is CCOC(=O)[C@@H](OC(=O)CCc1ccccc1)c1ccccc1. The van der Waals surface area contributed by atoms with Gasteiger partial charge in [-0.15, -0.1) is 0 Å². The van der Waals surface area contributed by atoms with Crippen molar-refractivity contribution in [3.63, 3.8) is 0 Å². The average Bonchev–Trinajstić information content (AvgIpc) is 2.59. The fourth-order valence-corrected chi connectivity index (χ4v) is 2.18. The number of hydrogen-bond donors (Lipinski definition) is 0. The lowest BCUT2D eigenvalue weighted by Crippen LogP contribution is -2.22. The molecule has 0 aliphatic carbocycles. The molecule has 0 fully saturated rings. The van der Waals surface area contributed by atoms with E-state index in [1.165, 1.54) is 0 Å². The first-order valence-corrected chi connectivity index (χ1v) is 7.65. The Morgan fingerprint density at radius 1 is 0.957 bits per heavy atom. The Morgan fingerprint density at radius 3 is 2.17 bits per heavy atom. The maximum atomic E-state index is 12.1. The normalized spacial score (nSPS) is 11.5. The van der Waals surface area contributed by atoms with Crippen LogP contribution in [0.3, 0.4) is 0 Å². The van der Waals surface area contributed by atoms with Crippen LogP contribution in [-0.2, 0) is 25.5 Å². The number of benzene rings is 2. The molecular formula is C19H20O4. The molecule has 2 rings (SSSR count). The van der Waals surface area contributed by atoms with Crippen molar-refractivity contribution < 1.29 is 19.1 Å². The van der Waals surface area contributed by atoms with Gasteiger partial charge in [-0.05, 0) is 18.9 Å². The lowest BCUT2D eigenvalue weighted by Gasteiger charge is -2.16. The van der Waals surface area contributed by atoms with E-state index in [4.69, 9.17) is 9.47 Å². The van der Waals surface area contributed by atoms with Crippen LogP contribution in [0.4, 0.5) is 0 Å². The van der Waals surface area contributed by atoms with E-state index in [0.29, 0.717) is 12.0 Å². The summed E-state index contributed by atoms with van der Waals surface area (Å²) in [5, 5.41) is 0. The van der Waals surface area contributed by atoms with Crippen molar-refractivity contribution in [1.82, 2.24) is 0 Å². The van der Waals surface area contributed by atoms with Crippen LogP contribution in [0.5, 0.6) is 0 Å². The first-order valence-electron chi connectivity index (χ1n) is 7.65. The van der Waals surface area contributed by atoms with E-state index in [-0.39, 0.29) is 13.0 Å². The monoisotopic (exact) mass is 312 g/mol. The number of ether oxygens (including phenoxy) is 2. The van der Waals surface area contributed by atoms with Gasteiger partial charge in [0.25, 0.3) is 0 Å². The van der Waals surface area contributed by atoms with E-state index in [0.717, 1.165) is 5.56 Å². The third-order valence-electron chi connectivity index (χ3n) is 3.31. The molecule has 0 aliphatic heterocycles. The van der Waals surface area contributed by atoms with E-state index >= 15 is 0 Å². The Morgan fingerprint density at radius 2 is 1.57 bits per heavy atom. The molecule has 120 valence electrons. The Kier molecular flexibility index (Phi) is 6.36. The summed E-state index contributed by atoms with van der Waals surface area (Å²) >= 11 is 0. The molecule has 2 aromatic carbocycles. The summed E-state index contributed by atoms with van der Waals surface area (Å²) in [4.78, 5) is 24.1. The first kappa shape index (κ1) is 16.7. The second-order valence-corrected chi connectivity index (χ2v) is 5.02. The molecule has 0 spiro atoms. The van der Waals surface area contributed by atoms with Crippen LogP contribution in [-0.4, -0.2) is 18.5 Å². The highest BCUT2D eigenvalue weighted by atomic mass is 16.6. The smallest absolute Gasteiger partial charge is 0.352 e. The molecule has 0 saturated carbocycles. The zero-order valence-electron chi connectivity index (χ0n) is 13.1. The summed E-state index contributed by atoms with van der Waals surface area (Å²) < 4.78 is 10.4. The molecule has 0 aliphatic rings. The Bertz CT molecular complexity index is 622. The van der Waals surface area contributed by atoms with Crippen LogP contribution in [0.1, 0.15) is 30.6 Å². The lowest BCUT2D eigenvalue weighted by atomic mass is 10.1. The van der Waals surface area contributed by atoms with E-state index in [9.17, 15) is 9.59 Å². The molecular weight excluding hydrogens is 292 g/mol. The summed E-state index contributed by atoms with van der Waals surface area (Å²) in [7, 11) is 0. The van der Waals surface area contributed by atoms with Crippen molar-refractivity contribution in [2.75, 3.05) is 6.61 Å². The van der Waals surface area contributed by atoms with Gasteiger partial charge in [-0.1, -0.05) is 60.7 Å². The van der Waals surface area contributed by atoms with Gasteiger partial charge in [0.15, 0.2) is 0 Å². The standard InChI is InChI=1S/C19H20O4/c1-2-22-19(21)18(16-11-7-4-8-12-16)23-17(20)14-13-15-9-5-3-6-10-15/h3-12,18H,2,13-14H2,1H3/t18-/m0/s1. The van der Waals surface area contributed by atoms with Gasteiger partial charge in [-0.25, -0.2) is 4.79 Å². The zero-order chi connectivity index (χ0) is 16.5. The Hall–Kier alpha value is -2.62. The number of rotatable bonds is 7. The van der Waals surface area contributed by atoms with E-state index in [2.05, 4.69) is 0 Å². The fraction of sp³-hybridized carbons (Fsp3) is 0.263. The molecule has 23 heavy (non-hydrogen) atoms. The highest BCUT2D eigenvalue weighted by Gasteiger charge is 2.26. The van der Waals surface area contributed by atoms with Crippen molar-refractivity contribution in [2.45, 2.75) is 25.9 Å². The van der Waals surface area contributed by atoms with E-state index < -0.39 is 18.0 Å². The Balaban J connectivity index is 1.99. The fourth-order valence-electron chi connectivity index (χ4n) is 2.18. The van der Waals surface area contributed by atoms with Gasteiger partial charge < -0.3 is 9.47 Å². The van der Waals surface area contributed by atoms with Crippen LogP contribution >= 0.6 is 0 Å². The van der Waals surface area contributed by atoms with Crippen molar-refractivity contribution in [2.24, 2.45) is 0 Å². The predicted molar refractivity (Wildman–Crippen MR) is 86.7 cm³/mol. The topological polar surface area (TPSA) is 52.6 Å². The van der Waals surface area contributed by atoms with E-state index in [1.807, 2.05) is 36.4 Å². The van der Waals surface area contributed by atoms with Crippen LogP contribution < -0.4 is 0 Å². The molecule has 4 heteroatoms. The van der Waals surface area contributed by atoms with Gasteiger partial charge in [-0.2, -0.15) is 0 Å². The second kappa shape index (κ2) is 8.73. The van der Waals surface area contributed by atoms with Gasteiger partial charge in [0.1, 0.15) is 0 Å². The molecule has 0 unspecified atom stereocenters. The van der Waals surface area contributed by atoms with Gasteiger partial charge in [0.2, 0.25) is 6.10 Å². The molecule has 1 atom stereocenters. The molecule has 0 amide bonds. The number of carbonyl (C=O) groups excluding carboxylic acids is 2. The quantitative estimate of drug-likeness (QED) is 0.735. The largest absolute Gasteiger partial charge is 0.463 e. The van der Waals surface area contributed by atoms with Crippen molar-refractivity contribution in [3.8, 4) is 0 Å². The third kappa shape index (κ3) is 5.25. The van der Waals surface area contributed by atoms with Gasteiger partial charge in [0, 0.05) is 12.0 Å². The van der Waals surface area contributed by atoms with Crippen LogP contribution in [0, 0.1) is 0 Å². The van der Waals surface area contributed by atoms with E-state index in [1.54, 1.807) is 31.2 Å². The third-order valence-corrected chi connectivity index (χ3v) is 3.31. The zero-order valence-corrected chi connectivity index (χ0v) is 13.1. The summed E-state index contributed by atoms with van der Waals surface area (Å²) in [5.74, 6) is -0.970. The lowest BCUT2D eigenvalue weighted by molar-refractivity contribution is -0.168. The summed E-state index contributed by atoms with van der Waals surface area (Å²) in [6, 6.07) is 18.6. The van der Waals surface area contributed by atoms with Crippen molar-refractivity contribution in [1.29, 1.82) is 0 Å². The van der Waals surface area contributed by atoms with Crippen LogP contribution in [0.2, 0.25) is 0 Å². The van der Waals surface area contributed by atoms with Crippen LogP contribution in [0.25, 0.3) is 0 Å².